The highest BCUT2D eigenvalue weighted by Gasteiger charge is 2.12. The number of hydrogen-bond acceptors (Lipinski definition) is 1. The molecule has 0 unspecified atom stereocenters. The van der Waals surface area contributed by atoms with Gasteiger partial charge in [0.1, 0.15) is 9.65 Å². The summed E-state index contributed by atoms with van der Waals surface area (Å²) in [7, 11) is 0. The number of carbonyl (C=O) groups is 1. The lowest BCUT2D eigenvalue weighted by molar-refractivity contribution is -0.118. The Labute approximate surface area is 88.4 Å². The smallest absolute Gasteiger partial charge is 0.258 e. The average molecular weight is 257 g/mol. The van der Waals surface area contributed by atoms with Gasteiger partial charge in [-0.3, -0.25) is 4.79 Å². The summed E-state index contributed by atoms with van der Waals surface area (Å²) >= 11 is 26.0. The van der Waals surface area contributed by atoms with Gasteiger partial charge in [-0.15, -0.1) is 0 Å². The minimum atomic E-state index is -1.20. The Morgan fingerprint density at radius 1 is 1.18 bits per heavy atom. The Morgan fingerprint density at radius 3 is 1.91 bits per heavy atom. The molecule has 2 nitrogen and oxygen atoms in total. The van der Waals surface area contributed by atoms with Crippen LogP contribution < -0.4 is 5.32 Å². The first-order chi connectivity index (χ1) is 4.95. The molecule has 0 saturated carbocycles. The third-order valence-electron chi connectivity index (χ3n) is 0.597. The van der Waals surface area contributed by atoms with Gasteiger partial charge in [0.25, 0.3) is 5.91 Å². The quantitative estimate of drug-likeness (QED) is 0.598. The molecule has 0 aromatic heterocycles. The van der Waals surface area contributed by atoms with E-state index in [9.17, 15) is 4.79 Å². The largest absolute Gasteiger partial charge is 0.312 e. The van der Waals surface area contributed by atoms with E-state index < -0.39 is 10.7 Å². The van der Waals surface area contributed by atoms with Crippen LogP contribution in [0.4, 0.5) is 0 Å². The van der Waals surface area contributed by atoms with Crippen molar-refractivity contribution in [2.75, 3.05) is 0 Å². The lowest BCUT2D eigenvalue weighted by Crippen LogP contribution is -2.26. The van der Waals surface area contributed by atoms with E-state index in [4.69, 9.17) is 58.0 Å². The van der Waals surface area contributed by atoms with Crippen LogP contribution in [0.1, 0.15) is 0 Å². The van der Waals surface area contributed by atoms with Gasteiger partial charge in [0.05, 0.1) is 0 Å². The molecule has 0 atom stereocenters. The molecular weight excluding hydrogens is 255 g/mol. The van der Waals surface area contributed by atoms with Crippen LogP contribution in [0.2, 0.25) is 0 Å². The van der Waals surface area contributed by atoms with E-state index in [1.807, 2.05) is 0 Å². The van der Waals surface area contributed by atoms with E-state index in [2.05, 4.69) is 5.32 Å². The topological polar surface area (TPSA) is 29.1 Å². The minimum Gasteiger partial charge on any atom is -0.312 e. The molecule has 0 bridgehead atoms. The van der Waals surface area contributed by atoms with Crippen LogP contribution in [0.15, 0.2) is 9.65 Å². The standard InChI is InChI=1S/C4H2Cl5NO/c5-1(6)3(9)10-4(11)2(7)8/h2H,(H,10,11). The molecule has 0 aliphatic carbocycles. The van der Waals surface area contributed by atoms with Crippen molar-refractivity contribution >= 4 is 63.9 Å². The normalized spacial score (nSPS) is 9.64. The summed E-state index contributed by atoms with van der Waals surface area (Å²) in [5.74, 6) is -0.683. The maximum atomic E-state index is 10.6. The molecule has 0 heterocycles. The maximum absolute atomic E-state index is 10.6. The lowest BCUT2D eigenvalue weighted by atomic mass is 10.7. The van der Waals surface area contributed by atoms with Crippen LogP contribution in [0.3, 0.4) is 0 Å². The molecule has 0 rings (SSSR count). The van der Waals surface area contributed by atoms with Crippen molar-refractivity contribution in [2.24, 2.45) is 0 Å². The number of hydrogen-bond donors (Lipinski definition) is 1. The second-order valence-electron chi connectivity index (χ2n) is 1.36. The second kappa shape index (κ2) is 5.33. The van der Waals surface area contributed by atoms with Gasteiger partial charge in [-0.25, -0.2) is 0 Å². The number of amides is 1. The molecule has 64 valence electrons. The first-order valence-corrected chi connectivity index (χ1v) is 4.25. The van der Waals surface area contributed by atoms with Crippen LogP contribution in [0.5, 0.6) is 0 Å². The van der Waals surface area contributed by atoms with Gasteiger partial charge in [-0.2, -0.15) is 0 Å². The number of halogens is 5. The first-order valence-electron chi connectivity index (χ1n) is 2.25. The fourth-order valence-electron chi connectivity index (χ4n) is 0.210. The fourth-order valence-corrected chi connectivity index (χ4v) is 0.507. The Balaban J connectivity index is 4.07. The monoisotopic (exact) mass is 255 g/mol. The summed E-state index contributed by atoms with van der Waals surface area (Å²) < 4.78 is -0.256. The van der Waals surface area contributed by atoms with Gasteiger partial charge >= 0.3 is 0 Å². The third kappa shape index (κ3) is 4.99. The summed E-state index contributed by atoms with van der Waals surface area (Å²) in [6.07, 6.45) is 0. The summed E-state index contributed by atoms with van der Waals surface area (Å²) in [6, 6.07) is 0. The summed E-state index contributed by atoms with van der Waals surface area (Å²) in [6.45, 7) is 0. The van der Waals surface area contributed by atoms with Crippen molar-refractivity contribution in [1.82, 2.24) is 5.32 Å². The fraction of sp³-hybridized carbons (Fsp3) is 0.250. The average Bonchev–Trinajstić information content (AvgIpc) is 1.87. The van der Waals surface area contributed by atoms with E-state index in [0.717, 1.165) is 0 Å². The predicted molar refractivity (Wildman–Crippen MR) is 48.2 cm³/mol. The van der Waals surface area contributed by atoms with Crippen molar-refractivity contribution in [3.05, 3.63) is 9.65 Å². The van der Waals surface area contributed by atoms with Gasteiger partial charge in [-0.05, 0) is 0 Å². The highest BCUT2D eigenvalue weighted by atomic mass is 35.5. The number of rotatable bonds is 2. The summed E-state index contributed by atoms with van der Waals surface area (Å²) in [5.41, 5.74) is 0. The van der Waals surface area contributed by atoms with Gasteiger partial charge in [-0.1, -0.05) is 58.0 Å². The van der Waals surface area contributed by atoms with Crippen LogP contribution in [-0.4, -0.2) is 10.7 Å². The van der Waals surface area contributed by atoms with Gasteiger partial charge < -0.3 is 5.32 Å². The zero-order chi connectivity index (χ0) is 9.02. The van der Waals surface area contributed by atoms with E-state index in [1.165, 1.54) is 0 Å². The van der Waals surface area contributed by atoms with Crippen LogP contribution in [0, 0.1) is 0 Å². The Morgan fingerprint density at radius 2 is 1.64 bits per heavy atom. The van der Waals surface area contributed by atoms with Gasteiger partial charge in [0.15, 0.2) is 4.84 Å². The molecule has 0 aliphatic heterocycles. The number of nitrogens with one attached hydrogen (secondary N) is 1. The highest BCUT2D eigenvalue weighted by Crippen LogP contribution is 2.15. The van der Waals surface area contributed by atoms with E-state index in [1.54, 1.807) is 0 Å². The van der Waals surface area contributed by atoms with E-state index >= 15 is 0 Å². The molecule has 0 fully saturated rings. The molecule has 0 saturated heterocycles. The zero-order valence-electron chi connectivity index (χ0n) is 4.88. The highest BCUT2D eigenvalue weighted by molar-refractivity contribution is 6.60. The molecule has 7 heteroatoms. The minimum absolute atomic E-state index is 0.204. The van der Waals surface area contributed by atoms with Crippen LogP contribution in [-0.2, 0) is 4.79 Å². The molecular formula is C4H2Cl5NO. The Hall–Kier alpha value is 0.660. The van der Waals surface area contributed by atoms with Crippen LogP contribution >= 0.6 is 58.0 Å². The maximum Gasteiger partial charge on any atom is 0.258 e. The van der Waals surface area contributed by atoms with Gasteiger partial charge in [0.2, 0.25) is 0 Å². The SMILES string of the molecule is O=C(NC(Cl)=C(Cl)Cl)C(Cl)Cl. The van der Waals surface area contributed by atoms with Crippen molar-refractivity contribution < 1.29 is 4.79 Å². The van der Waals surface area contributed by atoms with Crippen molar-refractivity contribution in [2.45, 2.75) is 4.84 Å². The molecule has 0 radical (unpaired) electrons. The molecule has 1 amide bonds. The summed E-state index contributed by atoms with van der Waals surface area (Å²) in [5, 5.41) is 1.85. The first kappa shape index (κ1) is 11.7. The van der Waals surface area contributed by atoms with Gasteiger partial charge in [0, 0.05) is 0 Å². The molecule has 0 aromatic carbocycles. The molecule has 0 spiro atoms. The van der Waals surface area contributed by atoms with E-state index in [0.29, 0.717) is 0 Å². The van der Waals surface area contributed by atoms with Crippen molar-refractivity contribution in [3.63, 3.8) is 0 Å². The zero-order valence-corrected chi connectivity index (χ0v) is 8.66. The molecule has 11 heavy (non-hydrogen) atoms. The second-order valence-corrected chi connectivity index (χ2v) is 3.79. The molecule has 0 aliphatic rings. The molecule has 0 aromatic rings. The predicted octanol–water partition coefficient (Wildman–Crippen LogP) is 2.75. The number of alkyl halides is 2. The van der Waals surface area contributed by atoms with E-state index in [-0.39, 0.29) is 9.65 Å². The van der Waals surface area contributed by atoms with Crippen LogP contribution in [0.25, 0.3) is 0 Å². The Kier molecular flexibility index (Phi) is 5.65. The van der Waals surface area contributed by atoms with Crippen molar-refractivity contribution in [1.29, 1.82) is 0 Å². The Bertz CT molecular complexity index is 185. The molecule has 1 N–H and O–H groups in total. The third-order valence-corrected chi connectivity index (χ3v) is 1.85. The lowest BCUT2D eigenvalue weighted by Gasteiger charge is -2.02. The number of carbonyl (C=O) groups excluding carboxylic acids is 1. The summed E-state index contributed by atoms with van der Waals surface area (Å²) in [4.78, 5) is 9.45. The van der Waals surface area contributed by atoms with Crippen molar-refractivity contribution in [3.8, 4) is 0 Å².